The minimum Gasteiger partial charge on any atom is -0.493 e. The number of nitrogens with one attached hydrogen (secondary N) is 1. The highest BCUT2D eigenvalue weighted by Crippen LogP contribution is 2.41. The van der Waals surface area contributed by atoms with Crippen molar-refractivity contribution in [1.29, 1.82) is 0 Å². The number of aromatic nitrogens is 5. The molecule has 1 N–H and O–H groups in total. The topological polar surface area (TPSA) is 81.7 Å². The highest BCUT2D eigenvalue weighted by Gasteiger charge is 2.32. The van der Waals surface area contributed by atoms with Gasteiger partial charge in [0.15, 0.2) is 17.2 Å². The predicted octanol–water partition coefficient (Wildman–Crippen LogP) is 2.85. The van der Waals surface area contributed by atoms with Crippen LogP contribution in [-0.4, -0.2) is 63.1 Å². The van der Waals surface area contributed by atoms with Crippen LogP contribution in [0.1, 0.15) is 22.7 Å². The van der Waals surface area contributed by atoms with E-state index in [0.717, 1.165) is 41.2 Å². The lowest BCUT2D eigenvalue weighted by molar-refractivity contribution is 0.249. The van der Waals surface area contributed by atoms with E-state index in [4.69, 9.17) is 14.6 Å². The number of pyridine rings is 1. The smallest absolute Gasteiger partial charge is 0.171 e. The predicted molar refractivity (Wildman–Crippen MR) is 125 cm³/mol. The first-order valence-electron chi connectivity index (χ1n) is 11.3. The van der Waals surface area contributed by atoms with Crippen LogP contribution < -0.4 is 14.8 Å². The molecule has 0 amide bonds. The maximum absolute atomic E-state index is 14.8. The van der Waals surface area contributed by atoms with Gasteiger partial charge in [-0.3, -0.25) is 9.08 Å². The molecule has 1 atom stereocenters. The maximum Gasteiger partial charge on any atom is 0.171 e. The monoisotopic (exact) mass is 463 g/mol. The molecular formula is C24H26FN7O2. The summed E-state index contributed by atoms with van der Waals surface area (Å²) in [7, 11) is 6.03. The molecule has 5 heterocycles. The quantitative estimate of drug-likeness (QED) is 0.498. The number of hydrogen-bond donors (Lipinski definition) is 1. The molecule has 0 radical (unpaired) electrons. The van der Waals surface area contributed by atoms with E-state index in [2.05, 4.69) is 26.5 Å². The largest absolute Gasteiger partial charge is 0.493 e. The molecule has 9 nitrogen and oxygen atoms in total. The second kappa shape index (κ2) is 7.98. The van der Waals surface area contributed by atoms with Gasteiger partial charge in [-0.15, -0.1) is 10.2 Å². The van der Waals surface area contributed by atoms with Gasteiger partial charge in [0.25, 0.3) is 0 Å². The highest BCUT2D eigenvalue weighted by atomic mass is 19.1. The van der Waals surface area contributed by atoms with Gasteiger partial charge in [0.2, 0.25) is 0 Å². The summed E-state index contributed by atoms with van der Waals surface area (Å²) in [5.74, 6) is 1.79. The molecule has 0 aliphatic carbocycles. The summed E-state index contributed by atoms with van der Waals surface area (Å²) in [4.78, 5) is 2.14. The van der Waals surface area contributed by atoms with Crippen LogP contribution in [0.2, 0.25) is 0 Å². The van der Waals surface area contributed by atoms with Crippen LogP contribution in [0.3, 0.4) is 0 Å². The Morgan fingerprint density at radius 2 is 2.00 bits per heavy atom. The first-order valence-corrected chi connectivity index (χ1v) is 11.3. The molecular weight excluding hydrogens is 437 g/mol. The van der Waals surface area contributed by atoms with Crippen molar-refractivity contribution in [3.05, 3.63) is 53.2 Å². The Morgan fingerprint density at radius 1 is 1.18 bits per heavy atom. The Hall–Kier alpha value is -3.66. The molecule has 0 unspecified atom stereocenters. The van der Waals surface area contributed by atoms with E-state index in [-0.39, 0.29) is 11.7 Å². The van der Waals surface area contributed by atoms with Gasteiger partial charge in [0, 0.05) is 43.2 Å². The van der Waals surface area contributed by atoms with Crippen molar-refractivity contribution in [2.45, 2.75) is 18.9 Å². The molecule has 10 heteroatoms. The van der Waals surface area contributed by atoms with Crippen LogP contribution in [-0.2, 0) is 20.0 Å². The van der Waals surface area contributed by atoms with Crippen molar-refractivity contribution in [1.82, 2.24) is 29.3 Å². The van der Waals surface area contributed by atoms with Crippen molar-refractivity contribution in [3.8, 4) is 22.8 Å². The molecule has 0 saturated carbocycles. The van der Waals surface area contributed by atoms with Gasteiger partial charge in [-0.1, -0.05) is 0 Å². The second-order valence-corrected chi connectivity index (χ2v) is 9.10. The number of rotatable bonds is 4. The Kier molecular flexibility index (Phi) is 4.91. The SMILES string of the molecule is CN(C)CCc1cc(-c2cc3c(n4cnnc24)NCc2c(F)ccc4c2[C@@H](CO4)CO3)n(C)n1. The van der Waals surface area contributed by atoms with Gasteiger partial charge in [-0.2, -0.15) is 5.10 Å². The Balaban J connectivity index is 1.44. The van der Waals surface area contributed by atoms with Gasteiger partial charge in [0.1, 0.15) is 17.9 Å². The van der Waals surface area contributed by atoms with Gasteiger partial charge in [0.05, 0.1) is 30.5 Å². The molecule has 4 aromatic rings. The number of benzene rings is 1. The minimum atomic E-state index is -0.248. The summed E-state index contributed by atoms with van der Waals surface area (Å²) >= 11 is 0. The van der Waals surface area contributed by atoms with E-state index in [0.29, 0.717) is 42.5 Å². The van der Waals surface area contributed by atoms with Crippen LogP contribution in [0.15, 0.2) is 30.6 Å². The number of hydrogen-bond acceptors (Lipinski definition) is 7. The summed E-state index contributed by atoms with van der Waals surface area (Å²) in [6.07, 6.45) is 2.50. The third-order valence-electron chi connectivity index (χ3n) is 6.54. The number of aryl methyl sites for hydroxylation is 1. The number of likely N-dealkylation sites (N-methyl/N-ethyl adjacent to an activating group) is 1. The summed E-state index contributed by atoms with van der Waals surface area (Å²) < 4.78 is 30.7. The van der Waals surface area contributed by atoms with Crippen LogP contribution in [0.5, 0.6) is 11.5 Å². The standard InChI is InChI=1S/C24H26FN7O2/c1-30(2)7-6-15-8-19(31(3)29-15)16-9-21-24(32-13-27-28-23(16)32)26-10-17-18(25)4-5-20-22(17)14(11-33-20)12-34-21/h4-5,8-9,13-14,26H,6-7,10-12H2,1-3H3/t14-/m0/s1. The average Bonchev–Trinajstić information content (AvgIpc) is 3.54. The molecule has 1 aromatic carbocycles. The van der Waals surface area contributed by atoms with Crippen molar-refractivity contribution < 1.29 is 13.9 Å². The minimum absolute atomic E-state index is 0.0390. The number of fused-ring (bicyclic) bond motifs is 3. The first-order chi connectivity index (χ1) is 16.5. The van der Waals surface area contributed by atoms with E-state index in [1.807, 2.05) is 36.3 Å². The van der Waals surface area contributed by atoms with Crippen LogP contribution in [0.25, 0.3) is 16.9 Å². The van der Waals surface area contributed by atoms with Gasteiger partial charge >= 0.3 is 0 Å². The molecule has 34 heavy (non-hydrogen) atoms. The second-order valence-electron chi connectivity index (χ2n) is 9.10. The molecule has 3 aromatic heterocycles. The van der Waals surface area contributed by atoms with Crippen molar-refractivity contribution in [2.75, 3.05) is 39.2 Å². The van der Waals surface area contributed by atoms with Crippen molar-refractivity contribution in [2.24, 2.45) is 7.05 Å². The Labute approximate surface area is 196 Å². The van der Waals surface area contributed by atoms with E-state index >= 15 is 0 Å². The lowest BCUT2D eigenvalue weighted by atomic mass is 9.96. The average molecular weight is 464 g/mol. The zero-order valence-electron chi connectivity index (χ0n) is 19.4. The van der Waals surface area contributed by atoms with Crippen LogP contribution in [0, 0.1) is 5.82 Å². The van der Waals surface area contributed by atoms with Gasteiger partial charge < -0.3 is 19.7 Å². The third kappa shape index (κ3) is 3.37. The molecule has 6 rings (SSSR count). The van der Waals surface area contributed by atoms with Crippen LogP contribution in [0.4, 0.5) is 10.2 Å². The van der Waals surface area contributed by atoms with Crippen molar-refractivity contribution in [3.63, 3.8) is 0 Å². The van der Waals surface area contributed by atoms with E-state index in [9.17, 15) is 4.39 Å². The summed E-state index contributed by atoms with van der Waals surface area (Å²) in [6.45, 7) is 2.07. The fraction of sp³-hybridized carbons (Fsp3) is 0.375. The first kappa shape index (κ1) is 20.9. The molecule has 0 spiro atoms. The number of ether oxygens (including phenoxy) is 2. The van der Waals surface area contributed by atoms with Gasteiger partial charge in [-0.25, -0.2) is 4.39 Å². The molecule has 2 aliphatic heterocycles. The van der Waals surface area contributed by atoms with Crippen molar-refractivity contribution >= 4 is 11.5 Å². The Bertz CT molecular complexity index is 1390. The normalized spacial score (nSPS) is 16.8. The number of anilines is 1. The van der Waals surface area contributed by atoms with E-state index < -0.39 is 0 Å². The van der Waals surface area contributed by atoms with Gasteiger partial charge in [-0.05, 0) is 38.4 Å². The Morgan fingerprint density at radius 3 is 2.82 bits per heavy atom. The number of halogens is 1. The molecule has 0 bridgehead atoms. The number of nitrogens with zero attached hydrogens (tertiary/aromatic N) is 6. The molecule has 2 aliphatic rings. The zero-order valence-corrected chi connectivity index (χ0v) is 19.4. The molecule has 0 fully saturated rings. The highest BCUT2D eigenvalue weighted by molar-refractivity contribution is 5.80. The maximum atomic E-state index is 14.8. The van der Waals surface area contributed by atoms with E-state index in [1.165, 1.54) is 6.07 Å². The molecule has 0 saturated heterocycles. The zero-order chi connectivity index (χ0) is 23.4. The van der Waals surface area contributed by atoms with Crippen LogP contribution >= 0.6 is 0 Å². The van der Waals surface area contributed by atoms with E-state index in [1.54, 1.807) is 12.4 Å². The lowest BCUT2D eigenvalue weighted by Gasteiger charge is -2.16. The summed E-state index contributed by atoms with van der Waals surface area (Å²) in [5.41, 5.74) is 4.98. The lowest BCUT2D eigenvalue weighted by Crippen LogP contribution is -2.15. The fourth-order valence-electron chi connectivity index (χ4n) is 4.81. The fourth-order valence-corrected chi connectivity index (χ4v) is 4.81. The summed E-state index contributed by atoms with van der Waals surface area (Å²) in [5, 5.41) is 16.6. The molecule has 176 valence electrons. The third-order valence-corrected chi connectivity index (χ3v) is 6.54. The summed E-state index contributed by atoms with van der Waals surface area (Å²) in [6, 6.07) is 7.23.